The average molecular weight is 380 g/mol. The van der Waals surface area contributed by atoms with Gasteiger partial charge in [-0.3, -0.25) is 4.79 Å². The summed E-state index contributed by atoms with van der Waals surface area (Å²) in [7, 11) is 1.68. The summed E-state index contributed by atoms with van der Waals surface area (Å²) in [6.07, 6.45) is 2.12. The number of thiazole rings is 1. The van der Waals surface area contributed by atoms with Crippen LogP contribution in [0.4, 0.5) is 5.13 Å². The van der Waals surface area contributed by atoms with Crippen LogP contribution in [0.2, 0.25) is 0 Å². The third-order valence-electron chi connectivity index (χ3n) is 5.53. The second-order valence-corrected chi connectivity index (χ2v) is 8.21. The molecule has 1 fully saturated rings. The summed E-state index contributed by atoms with van der Waals surface area (Å²) in [6, 6.07) is 13.5. The first-order chi connectivity index (χ1) is 13.2. The maximum absolute atomic E-state index is 12.6. The minimum absolute atomic E-state index is 0.192. The fraction of sp³-hybridized carbons (Fsp3) is 0.333. The van der Waals surface area contributed by atoms with Gasteiger partial charge >= 0.3 is 0 Å². The summed E-state index contributed by atoms with van der Waals surface area (Å²) < 4.78 is 12.8. The van der Waals surface area contributed by atoms with E-state index in [0.29, 0.717) is 12.0 Å². The van der Waals surface area contributed by atoms with Crippen molar-refractivity contribution in [3.63, 3.8) is 0 Å². The van der Waals surface area contributed by atoms with Crippen molar-refractivity contribution in [2.24, 2.45) is 0 Å². The van der Waals surface area contributed by atoms with Gasteiger partial charge in [-0.25, -0.2) is 4.98 Å². The third kappa shape index (κ3) is 2.84. The van der Waals surface area contributed by atoms with Gasteiger partial charge in [-0.1, -0.05) is 23.5 Å². The van der Waals surface area contributed by atoms with Gasteiger partial charge < -0.3 is 14.4 Å². The second kappa shape index (κ2) is 6.23. The predicted molar refractivity (Wildman–Crippen MR) is 106 cm³/mol. The molecule has 5 nitrogen and oxygen atoms in total. The zero-order valence-corrected chi connectivity index (χ0v) is 15.9. The fourth-order valence-corrected chi connectivity index (χ4v) is 5.03. The Labute approximate surface area is 161 Å². The van der Waals surface area contributed by atoms with Crippen molar-refractivity contribution in [1.82, 2.24) is 4.98 Å². The van der Waals surface area contributed by atoms with Crippen molar-refractivity contribution in [3.05, 3.63) is 48.0 Å². The van der Waals surface area contributed by atoms with Crippen molar-refractivity contribution < 1.29 is 14.3 Å². The van der Waals surface area contributed by atoms with Crippen molar-refractivity contribution >= 4 is 32.5 Å². The number of benzene rings is 2. The number of carbonyl (C=O) groups excluding carboxylic acids is 1. The number of methoxy groups -OCH3 is 1. The number of rotatable bonds is 2. The summed E-state index contributed by atoms with van der Waals surface area (Å²) in [5, 5.41) is 1.02. The van der Waals surface area contributed by atoms with E-state index in [1.54, 1.807) is 18.4 Å². The van der Waals surface area contributed by atoms with Crippen LogP contribution < -0.4 is 14.4 Å². The van der Waals surface area contributed by atoms with E-state index < -0.39 is 0 Å². The van der Waals surface area contributed by atoms with Crippen LogP contribution in [0.3, 0.4) is 0 Å². The topological polar surface area (TPSA) is 51.7 Å². The maximum atomic E-state index is 12.6. The molecular weight excluding hydrogens is 360 g/mol. The normalized spacial score (nSPS) is 18.4. The van der Waals surface area contributed by atoms with Crippen molar-refractivity contribution in [3.8, 4) is 11.5 Å². The highest BCUT2D eigenvalue weighted by Crippen LogP contribution is 2.41. The van der Waals surface area contributed by atoms with E-state index in [1.165, 1.54) is 0 Å². The maximum Gasteiger partial charge on any atom is 0.186 e. The summed E-state index contributed by atoms with van der Waals surface area (Å²) in [5.41, 5.74) is 1.33. The number of piperidine rings is 1. The van der Waals surface area contributed by atoms with Crippen molar-refractivity contribution in [2.45, 2.75) is 24.9 Å². The molecule has 3 aromatic rings. The molecule has 0 bridgehead atoms. The lowest BCUT2D eigenvalue weighted by molar-refractivity contribution is 0.0232. The van der Waals surface area contributed by atoms with Gasteiger partial charge in [-0.05, 0) is 30.3 Å². The summed E-state index contributed by atoms with van der Waals surface area (Å²) in [4.78, 5) is 19.7. The Bertz CT molecular complexity index is 1020. The number of hydrogen-bond acceptors (Lipinski definition) is 6. The van der Waals surface area contributed by atoms with Gasteiger partial charge in [0.2, 0.25) is 0 Å². The van der Waals surface area contributed by atoms with E-state index in [0.717, 1.165) is 52.8 Å². The minimum Gasteiger partial charge on any atom is -0.497 e. The van der Waals surface area contributed by atoms with Crippen LogP contribution in [0.15, 0.2) is 42.5 Å². The number of Topliss-reactive ketones (excluding diaryl/α,β-unsaturated/α-hetero) is 1. The molecule has 0 saturated carbocycles. The highest BCUT2D eigenvalue weighted by molar-refractivity contribution is 7.22. The van der Waals surface area contributed by atoms with Gasteiger partial charge in [0.25, 0.3) is 0 Å². The Morgan fingerprint density at radius 2 is 2.00 bits per heavy atom. The second-order valence-electron chi connectivity index (χ2n) is 7.20. The molecule has 0 amide bonds. The Morgan fingerprint density at radius 1 is 1.19 bits per heavy atom. The molecule has 27 heavy (non-hydrogen) atoms. The zero-order chi connectivity index (χ0) is 18.4. The standard InChI is InChI=1S/C21H20N2O3S/c1-25-14-6-7-16-19(12-14)27-20(22-16)23-10-8-21(9-11-23)13-17(24)15-4-2-3-5-18(15)26-21/h2-7,12H,8-11,13H2,1H3. The molecule has 0 atom stereocenters. The van der Waals surface area contributed by atoms with Crippen LogP contribution in [0.25, 0.3) is 10.2 Å². The molecule has 1 saturated heterocycles. The van der Waals surface area contributed by atoms with Gasteiger partial charge in [0.1, 0.15) is 17.1 Å². The SMILES string of the molecule is COc1ccc2nc(N3CCC4(CC3)CC(=O)c3ccccc3O4)sc2c1. The lowest BCUT2D eigenvalue weighted by Crippen LogP contribution is -2.51. The number of nitrogens with zero attached hydrogens (tertiary/aromatic N) is 2. The smallest absolute Gasteiger partial charge is 0.186 e. The van der Waals surface area contributed by atoms with Crippen molar-refractivity contribution in [2.75, 3.05) is 25.1 Å². The number of para-hydroxylation sites is 1. The van der Waals surface area contributed by atoms with E-state index in [2.05, 4.69) is 4.90 Å². The van der Waals surface area contributed by atoms with Crippen LogP contribution in [-0.2, 0) is 0 Å². The van der Waals surface area contributed by atoms with Crippen LogP contribution >= 0.6 is 11.3 Å². The number of anilines is 1. The highest BCUT2D eigenvalue weighted by atomic mass is 32.1. The highest BCUT2D eigenvalue weighted by Gasteiger charge is 2.43. The Balaban J connectivity index is 1.35. The van der Waals surface area contributed by atoms with E-state index in [9.17, 15) is 4.79 Å². The van der Waals surface area contributed by atoms with Crippen LogP contribution in [0, 0.1) is 0 Å². The first-order valence-electron chi connectivity index (χ1n) is 9.17. The van der Waals surface area contributed by atoms with E-state index in [1.807, 2.05) is 42.5 Å². The molecule has 0 unspecified atom stereocenters. The molecule has 1 spiro atoms. The molecule has 5 rings (SSSR count). The molecule has 2 aromatic carbocycles. The Hall–Kier alpha value is -2.60. The van der Waals surface area contributed by atoms with E-state index in [4.69, 9.17) is 14.5 Å². The lowest BCUT2D eigenvalue weighted by Gasteiger charge is -2.43. The molecule has 2 aliphatic rings. The zero-order valence-electron chi connectivity index (χ0n) is 15.1. The first-order valence-corrected chi connectivity index (χ1v) is 9.98. The number of aromatic nitrogens is 1. The molecule has 0 aliphatic carbocycles. The van der Waals surface area contributed by atoms with E-state index >= 15 is 0 Å². The molecule has 2 aliphatic heterocycles. The molecular formula is C21H20N2O3S. The third-order valence-corrected chi connectivity index (χ3v) is 6.61. The fourth-order valence-electron chi connectivity index (χ4n) is 3.98. The summed E-state index contributed by atoms with van der Waals surface area (Å²) in [5.74, 6) is 1.77. The van der Waals surface area contributed by atoms with Gasteiger partial charge in [0, 0.05) is 25.9 Å². The Kier molecular flexibility index (Phi) is 3.82. The number of ether oxygens (including phenoxy) is 2. The molecule has 6 heteroatoms. The van der Waals surface area contributed by atoms with Gasteiger partial charge in [0.15, 0.2) is 10.9 Å². The lowest BCUT2D eigenvalue weighted by atomic mass is 9.82. The Morgan fingerprint density at radius 3 is 2.81 bits per heavy atom. The number of carbonyl (C=O) groups is 1. The van der Waals surface area contributed by atoms with Gasteiger partial charge in [0.05, 0.1) is 29.3 Å². The van der Waals surface area contributed by atoms with Gasteiger partial charge in [-0.15, -0.1) is 0 Å². The molecule has 0 radical (unpaired) electrons. The summed E-state index contributed by atoms with van der Waals surface area (Å²) >= 11 is 1.68. The number of hydrogen-bond donors (Lipinski definition) is 0. The van der Waals surface area contributed by atoms with Crippen LogP contribution in [0.5, 0.6) is 11.5 Å². The largest absolute Gasteiger partial charge is 0.497 e. The van der Waals surface area contributed by atoms with Gasteiger partial charge in [-0.2, -0.15) is 0 Å². The quantitative estimate of drug-likeness (QED) is 0.663. The number of ketones is 1. The van der Waals surface area contributed by atoms with Crippen LogP contribution in [0.1, 0.15) is 29.6 Å². The molecule has 3 heterocycles. The predicted octanol–water partition coefficient (Wildman–Crippen LogP) is 4.31. The number of fused-ring (bicyclic) bond motifs is 2. The molecule has 0 N–H and O–H groups in total. The summed E-state index contributed by atoms with van der Waals surface area (Å²) in [6.45, 7) is 1.68. The van der Waals surface area contributed by atoms with E-state index in [-0.39, 0.29) is 11.4 Å². The monoisotopic (exact) mass is 380 g/mol. The minimum atomic E-state index is -0.373. The average Bonchev–Trinajstić information content (AvgIpc) is 3.11. The first kappa shape index (κ1) is 16.6. The van der Waals surface area contributed by atoms with Crippen molar-refractivity contribution in [1.29, 1.82) is 0 Å². The molecule has 1 aromatic heterocycles. The van der Waals surface area contributed by atoms with Crippen LogP contribution in [-0.4, -0.2) is 36.6 Å². The molecule has 138 valence electrons.